The van der Waals surface area contributed by atoms with Crippen molar-refractivity contribution in [2.45, 2.75) is 76.4 Å². The molecule has 5 unspecified atom stereocenters. The lowest BCUT2D eigenvalue weighted by Gasteiger charge is -2.33. The highest BCUT2D eigenvalue weighted by Gasteiger charge is 2.49. The molecule has 0 aliphatic carbocycles. The van der Waals surface area contributed by atoms with Crippen LogP contribution in [0, 0.1) is 0 Å². The molecule has 4 heteroatoms. The third-order valence-corrected chi connectivity index (χ3v) is 4.40. The molecule has 0 spiro atoms. The van der Waals surface area contributed by atoms with Crippen LogP contribution in [-0.2, 0) is 9.53 Å². The predicted molar refractivity (Wildman–Crippen MR) is 64.4 cm³/mol. The highest BCUT2D eigenvalue weighted by Crippen LogP contribution is 2.39. The van der Waals surface area contributed by atoms with Crippen LogP contribution in [0.4, 0.5) is 0 Å². The number of nitrogens with one attached hydrogen (secondary N) is 1. The molecule has 1 N–H and O–H groups in total. The standard InChI is InChI=1S/C13H22N2O2/c1-3-4-12-14-8(2)13(16)15(12)10-7-9-5-6-11(10)17-9/h8-12,14H,3-7H2,1-2H3. The highest BCUT2D eigenvalue weighted by atomic mass is 16.5. The van der Waals surface area contributed by atoms with E-state index in [4.69, 9.17) is 4.74 Å². The summed E-state index contributed by atoms with van der Waals surface area (Å²) in [4.78, 5) is 14.4. The lowest BCUT2D eigenvalue weighted by Crippen LogP contribution is -2.48. The van der Waals surface area contributed by atoms with Gasteiger partial charge in [0.25, 0.3) is 0 Å². The minimum atomic E-state index is -0.0225. The summed E-state index contributed by atoms with van der Waals surface area (Å²) in [5.74, 6) is 0.268. The monoisotopic (exact) mass is 238 g/mol. The van der Waals surface area contributed by atoms with E-state index in [-0.39, 0.29) is 18.1 Å². The second-order valence-electron chi connectivity index (χ2n) is 5.62. The molecule has 3 rings (SSSR count). The van der Waals surface area contributed by atoms with Gasteiger partial charge in [-0.1, -0.05) is 13.3 Å². The number of amides is 1. The Labute approximate surface area is 103 Å². The second-order valence-corrected chi connectivity index (χ2v) is 5.62. The fourth-order valence-corrected chi connectivity index (χ4v) is 3.61. The van der Waals surface area contributed by atoms with Gasteiger partial charge in [-0.15, -0.1) is 0 Å². The average Bonchev–Trinajstić information content (AvgIpc) is 2.96. The molecular formula is C13H22N2O2. The molecule has 96 valence electrons. The van der Waals surface area contributed by atoms with E-state index in [1.165, 1.54) is 6.42 Å². The summed E-state index contributed by atoms with van der Waals surface area (Å²) in [5, 5.41) is 3.41. The quantitative estimate of drug-likeness (QED) is 0.804. The van der Waals surface area contributed by atoms with Gasteiger partial charge in [0.1, 0.15) is 0 Å². The van der Waals surface area contributed by atoms with Crippen LogP contribution in [0.2, 0.25) is 0 Å². The molecule has 17 heavy (non-hydrogen) atoms. The average molecular weight is 238 g/mol. The van der Waals surface area contributed by atoms with Crippen LogP contribution in [0.1, 0.15) is 46.0 Å². The van der Waals surface area contributed by atoms with E-state index in [2.05, 4.69) is 17.1 Å². The van der Waals surface area contributed by atoms with E-state index in [0.717, 1.165) is 25.7 Å². The molecule has 5 atom stereocenters. The number of carbonyl (C=O) groups is 1. The van der Waals surface area contributed by atoms with Crippen LogP contribution >= 0.6 is 0 Å². The van der Waals surface area contributed by atoms with Crippen molar-refractivity contribution in [1.29, 1.82) is 0 Å². The molecule has 3 saturated heterocycles. The van der Waals surface area contributed by atoms with E-state index >= 15 is 0 Å². The molecular weight excluding hydrogens is 216 g/mol. The van der Waals surface area contributed by atoms with E-state index in [1.54, 1.807) is 0 Å². The summed E-state index contributed by atoms with van der Waals surface area (Å²) < 4.78 is 5.89. The maximum Gasteiger partial charge on any atom is 0.241 e. The van der Waals surface area contributed by atoms with E-state index in [9.17, 15) is 4.79 Å². The summed E-state index contributed by atoms with van der Waals surface area (Å²) in [5.41, 5.74) is 0. The van der Waals surface area contributed by atoms with Crippen molar-refractivity contribution >= 4 is 5.91 Å². The maximum absolute atomic E-state index is 12.3. The molecule has 3 aliphatic heterocycles. The lowest BCUT2D eigenvalue weighted by atomic mass is 9.93. The van der Waals surface area contributed by atoms with Crippen LogP contribution in [0.15, 0.2) is 0 Å². The number of nitrogens with zero attached hydrogens (tertiary/aromatic N) is 1. The van der Waals surface area contributed by atoms with Gasteiger partial charge in [-0.25, -0.2) is 0 Å². The Morgan fingerprint density at radius 1 is 1.47 bits per heavy atom. The number of carbonyl (C=O) groups excluding carboxylic acids is 1. The van der Waals surface area contributed by atoms with Gasteiger partial charge in [0.05, 0.1) is 30.5 Å². The first-order chi connectivity index (χ1) is 8.20. The number of fused-ring (bicyclic) bond motifs is 2. The summed E-state index contributed by atoms with van der Waals surface area (Å²) in [6, 6.07) is 0.306. The Balaban J connectivity index is 1.77. The van der Waals surface area contributed by atoms with E-state index < -0.39 is 0 Å². The maximum atomic E-state index is 12.3. The minimum absolute atomic E-state index is 0.0225. The molecule has 2 bridgehead atoms. The Hall–Kier alpha value is -0.610. The molecule has 4 nitrogen and oxygen atoms in total. The lowest BCUT2D eigenvalue weighted by molar-refractivity contribution is -0.133. The molecule has 3 aliphatic rings. The number of hydrogen-bond donors (Lipinski definition) is 1. The number of hydrogen-bond acceptors (Lipinski definition) is 3. The van der Waals surface area contributed by atoms with Gasteiger partial charge >= 0.3 is 0 Å². The normalized spacial score (nSPS) is 44.9. The first kappa shape index (κ1) is 11.5. The van der Waals surface area contributed by atoms with Crippen molar-refractivity contribution in [2.24, 2.45) is 0 Å². The van der Waals surface area contributed by atoms with Crippen molar-refractivity contribution in [3.8, 4) is 0 Å². The van der Waals surface area contributed by atoms with Gasteiger partial charge in [-0.2, -0.15) is 0 Å². The topological polar surface area (TPSA) is 41.6 Å². The van der Waals surface area contributed by atoms with Crippen molar-refractivity contribution in [3.05, 3.63) is 0 Å². The predicted octanol–water partition coefficient (Wildman–Crippen LogP) is 1.25. The summed E-state index contributed by atoms with van der Waals surface area (Å²) in [7, 11) is 0. The third kappa shape index (κ3) is 1.78. The van der Waals surface area contributed by atoms with E-state index in [1.807, 2.05) is 6.92 Å². The first-order valence-electron chi connectivity index (χ1n) is 6.94. The fraction of sp³-hybridized carbons (Fsp3) is 0.923. The van der Waals surface area contributed by atoms with Crippen molar-refractivity contribution < 1.29 is 9.53 Å². The molecule has 0 aromatic carbocycles. The van der Waals surface area contributed by atoms with Gasteiger partial charge in [-0.3, -0.25) is 10.1 Å². The zero-order valence-electron chi connectivity index (χ0n) is 10.7. The van der Waals surface area contributed by atoms with Crippen molar-refractivity contribution in [3.63, 3.8) is 0 Å². The van der Waals surface area contributed by atoms with Crippen molar-refractivity contribution in [1.82, 2.24) is 10.2 Å². The Morgan fingerprint density at radius 3 is 2.88 bits per heavy atom. The summed E-state index contributed by atoms with van der Waals surface area (Å²) in [6.45, 7) is 4.14. The first-order valence-corrected chi connectivity index (χ1v) is 6.94. The molecule has 3 fully saturated rings. The molecule has 0 saturated carbocycles. The number of rotatable bonds is 3. The van der Waals surface area contributed by atoms with Gasteiger partial charge in [0.15, 0.2) is 0 Å². The Kier molecular flexibility index (Phi) is 2.87. The van der Waals surface area contributed by atoms with Crippen LogP contribution in [0.5, 0.6) is 0 Å². The zero-order valence-corrected chi connectivity index (χ0v) is 10.7. The molecule has 1 amide bonds. The van der Waals surface area contributed by atoms with Crippen LogP contribution in [0.3, 0.4) is 0 Å². The SMILES string of the molecule is CCCC1NC(C)C(=O)N1C1CC2CCC1O2. The third-order valence-electron chi connectivity index (χ3n) is 4.40. The molecule has 0 aromatic heterocycles. The molecule has 0 aromatic rings. The highest BCUT2D eigenvalue weighted by molar-refractivity contribution is 5.84. The van der Waals surface area contributed by atoms with Gasteiger partial charge in [0.2, 0.25) is 5.91 Å². The van der Waals surface area contributed by atoms with Crippen LogP contribution in [0.25, 0.3) is 0 Å². The van der Waals surface area contributed by atoms with Gasteiger partial charge < -0.3 is 9.64 Å². The summed E-state index contributed by atoms with van der Waals surface area (Å²) in [6.07, 6.45) is 6.46. The largest absolute Gasteiger partial charge is 0.373 e. The Bertz CT molecular complexity index is 321. The molecule has 0 radical (unpaired) electrons. The van der Waals surface area contributed by atoms with Gasteiger partial charge in [0, 0.05) is 0 Å². The fourth-order valence-electron chi connectivity index (χ4n) is 3.61. The zero-order chi connectivity index (χ0) is 12.0. The van der Waals surface area contributed by atoms with E-state index in [0.29, 0.717) is 18.2 Å². The van der Waals surface area contributed by atoms with Crippen LogP contribution in [-0.4, -0.2) is 41.3 Å². The number of ether oxygens (including phenoxy) is 1. The molecule has 3 heterocycles. The van der Waals surface area contributed by atoms with Crippen molar-refractivity contribution in [2.75, 3.05) is 0 Å². The van der Waals surface area contributed by atoms with Crippen LogP contribution < -0.4 is 5.32 Å². The minimum Gasteiger partial charge on any atom is -0.373 e. The Morgan fingerprint density at radius 2 is 2.29 bits per heavy atom. The second kappa shape index (κ2) is 4.25. The van der Waals surface area contributed by atoms with Gasteiger partial charge in [-0.05, 0) is 32.6 Å². The smallest absolute Gasteiger partial charge is 0.241 e. The summed E-state index contributed by atoms with van der Waals surface area (Å²) >= 11 is 0.